The number of carbonyl (C=O) groups is 1. The first-order valence-corrected chi connectivity index (χ1v) is 9.67. The molecule has 2 aliphatic heterocycles. The molecule has 1 amide bonds. The minimum absolute atomic E-state index is 0.00453. The normalized spacial score (nSPS) is 22.5. The maximum Gasteiger partial charge on any atom is 0.225 e. The Labute approximate surface area is 155 Å². The number of amides is 1. The second kappa shape index (κ2) is 8.82. The van der Waals surface area contributed by atoms with Gasteiger partial charge in [0.05, 0.1) is 19.1 Å². The topological polar surface area (TPSA) is 36.0 Å². The Morgan fingerprint density at radius 2 is 1.92 bits per heavy atom. The zero-order valence-electron chi connectivity index (χ0n) is 15.9. The van der Waals surface area contributed by atoms with Gasteiger partial charge >= 0.3 is 0 Å². The number of hydrogen-bond acceptors (Lipinski definition) is 4. The van der Waals surface area contributed by atoms with Gasteiger partial charge in [0, 0.05) is 51.0 Å². The lowest BCUT2D eigenvalue weighted by atomic mass is 10.1. The fourth-order valence-corrected chi connectivity index (χ4v) is 3.74. The number of benzene rings is 1. The van der Waals surface area contributed by atoms with Crippen molar-refractivity contribution in [3.05, 3.63) is 30.1 Å². The smallest absolute Gasteiger partial charge is 0.225 e. The summed E-state index contributed by atoms with van der Waals surface area (Å²) in [6, 6.07) is 7.08. The average Bonchev–Trinajstić information content (AvgIpc) is 2.89. The van der Waals surface area contributed by atoms with Crippen LogP contribution in [0.25, 0.3) is 0 Å². The van der Waals surface area contributed by atoms with E-state index in [4.69, 9.17) is 4.74 Å². The standard InChI is InChI=1S/C20H30FN3O2/c1-16(2)24-12-13-26-19(15-24)14-20(25)23-9-3-8-22(10-11-23)18-6-4-17(21)5-7-18/h4-7,16,19H,3,8-15H2,1-2H3/t19-/m0/s1. The highest BCUT2D eigenvalue weighted by Crippen LogP contribution is 2.18. The molecule has 0 spiro atoms. The highest BCUT2D eigenvalue weighted by atomic mass is 19.1. The first-order valence-electron chi connectivity index (χ1n) is 9.67. The van der Waals surface area contributed by atoms with Crippen molar-refractivity contribution < 1.29 is 13.9 Å². The Morgan fingerprint density at radius 1 is 1.15 bits per heavy atom. The van der Waals surface area contributed by atoms with E-state index in [0.717, 1.165) is 44.8 Å². The van der Waals surface area contributed by atoms with Crippen LogP contribution in [-0.4, -0.2) is 73.7 Å². The minimum atomic E-state index is -0.219. The summed E-state index contributed by atoms with van der Waals surface area (Å²) in [7, 11) is 0. The van der Waals surface area contributed by atoms with Crippen LogP contribution in [0.2, 0.25) is 0 Å². The van der Waals surface area contributed by atoms with Crippen LogP contribution in [-0.2, 0) is 9.53 Å². The predicted octanol–water partition coefficient (Wildman–Crippen LogP) is 2.36. The van der Waals surface area contributed by atoms with Crippen molar-refractivity contribution in [2.45, 2.75) is 38.8 Å². The predicted molar refractivity (Wildman–Crippen MR) is 101 cm³/mol. The van der Waals surface area contributed by atoms with Gasteiger partial charge < -0.3 is 14.5 Å². The molecule has 0 aromatic heterocycles. The number of nitrogens with zero attached hydrogens (tertiary/aromatic N) is 3. The van der Waals surface area contributed by atoms with Crippen molar-refractivity contribution in [2.75, 3.05) is 50.8 Å². The van der Waals surface area contributed by atoms with Crippen LogP contribution < -0.4 is 4.90 Å². The molecule has 1 aromatic rings. The van der Waals surface area contributed by atoms with Gasteiger partial charge in [-0.2, -0.15) is 0 Å². The molecule has 3 rings (SSSR count). The third kappa shape index (κ3) is 4.95. The number of hydrogen-bond donors (Lipinski definition) is 0. The largest absolute Gasteiger partial charge is 0.375 e. The van der Waals surface area contributed by atoms with Gasteiger partial charge in [-0.25, -0.2) is 4.39 Å². The molecule has 1 atom stereocenters. The van der Waals surface area contributed by atoms with Gasteiger partial charge in [-0.05, 0) is 44.5 Å². The summed E-state index contributed by atoms with van der Waals surface area (Å²) >= 11 is 0. The Hall–Kier alpha value is -1.66. The van der Waals surface area contributed by atoms with Crippen molar-refractivity contribution in [3.8, 4) is 0 Å². The summed E-state index contributed by atoms with van der Waals surface area (Å²) in [5.74, 6) is -0.0372. The number of carbonyl (C=O) groups excluding carboxylic acids is 1. The zero-order valence-corrected chi connectivity index (χ0v) is 15.9. The maximum atomic E-state index is 13.1. The van der Waals surface area contributed by atoms with E-state index in [1.54, 1.807) is 0 Å². The first-order chi connectivity index (χ1) is 12.5. The molecule has 6 heteroatoms. The fourth-order valence-electron chi connectivity index (χ4n) is 3.74. The molecule has 26 heavy (non-hydrogen) atoms. The van der Waals surface area contributed by atoms with E-state index >= 15 is 0 Å². The molecule has 2 fully saturated rings. The SMILES string of the molecule is CC(C)N1CCO[C@@H](CC(=O)N2CCCN(c3ccc(F)cc3)CC2)C1. The Balaban J connectivity index is 1.52. The van der Waals surface area contributed by atoms with E-state index in [1.807, 2.05) is 17.0 Å². The van der Waals surface area contributed by atoms with Gasteiger partial charge in [0.1, 0.15) is 5.82 Å². The highest BCUT2D eigenvalue weighted by Gasteiger charge is 2.27. The maximum absolute atomic E-state index is 13.1. The van der Waals surface area contributed by atoms with Crippen molar-refractivity contribution in [1.82, 2.24) is 9.80 Å². The van der Waals surface area contributed by atoms with Crippen molar-refractivity contribution in [1.29, 1.82) is 0 Å². The molecule has 2 aliphatic rings. The molecular formula is C20H30FN3O2. The molecule has 0 bridgehead atoms. The first kappa shape index (κ1) is 19.1. The van der Waals surface area contributed by atoms with Crippen LogP contribution >= 0.6 is 0 Å². The van der Waals surface area contributed by atoms with Gasteiger partial charge in [0.15, 0.2) is 0 Å². The van der Waals surface area contributed by atoms with E-state index in [9.17, 15) is 9.18 Å². The van der Waals surface area contributed by atoms with Gasteiger partial charge in [-0.1, -0.05) is 0 Å². The average molecular weight is 363 g/mol. The van der Waals surface area contributed by atoms with Crippen LogP contribution in [0.3, 0.4) is 0 Å². The third-order valence-corrected chi connectivity index (χ3v) is 5.34. The minimum Gasteiger partial charge on any atom is -0.375 e. The second-order valence-electron chi connectivity index (χ2n) is 7.48. The number of halogens is 1. The molecule has 0 unspecified atom stereocenters. The number of morpholine rings is 1. The Kier molecular flexibility index (Phi) is 6.48. The van der Waals surface area contributed by atoms with Crippen LogP contribution in [0.15, 0.2) is 24.3 Å². The lowest BCUT2D eigenvalue weighted by molar-refractivity contribution is -0.136. The third-order valence-electron chi connectivity index (χ3n) is 5.34. The van der Waals surface area contributed by atoms with Crippen molar-refractivity contribution in [3.63, 3.8) is 0 Å². The molecule has 0 aliphatic carbocycles. The lowest BCUT2D eigenvalue weighted by Gasteiger charge is -2.36. The highest BCUT2D eigenvalue weighted by molar-refractivity contribution is 5.77. The molecule has 2 saturated heterocycles. The summed E-state index contributed by atoms with van der Waals surface area (Å²) in [5, 5.41) is 0. The van der Waals surface area contributed by atoms with Gasteiger partial charge in [-0.15, -0.1) is 0 Å². The van der Waals surface area contributed by atoms with Crippen molar-refractivity contribution >= 4 is 11.6 Å². The summed E-state index contributed by atoms with van der Waals surface area (Å²) in [5.41, 5.74) is 1.02. The second-order valence-corrected chi connectivity index (χ2v) is 7.48. The molecule has 5 nitrogen and oxygen atoms in total. The fraction of sp³-hybridized carbons (Fsp3) is 0.650. The molecule has 1 aromatic carbocycles. The van der Waals surface area contributed by atoms with E-state index in [-0.39, 0.29) is 17.8 Å². The number of anilines is 1. The molecular weight excluding hydrogens is 333 g/mol. The van der Waals surface area contributed by atoms with Crippen LogP contribution in [0.4, 0.5) is 10.1 Å². The lowest BCUT2D eigenvalue weighted by Crippen LogP contribution is -2.47. The van der Waals surface area contributed by atoms with Gasteiger partial charge in [-0.3, -0.25) is 9.69 Å². The van der Waals surface area contributed by atoms with Gasteiger partial charge in [0.2, 0.25) is 5.91 Å². The molecule has 0 radical (unpaired) electrons. The van der Waals surface area contributed by atoms with E-state index < -0.39 is 0 Å². The molecule has 0 saturated carbocycles. The number of ether oxygens (including phenoxy) is 1. The van der Waals surface area contributed by atoms with E-state index in [1.165, 1.54) is 12.1 Å². The van der Waals surface area contributed by atoms with E-state index in [2.05, 4.69) is 23.6 Å². The zero-order chi connectivity index (χ0) is 18.5. The van der Waals surface area contributed by atoms with Gasteiger partial charge in [0.25, 0.3) is 0 Å². The number of rotatable bonds is 4. The monoisotopic (exact) mass is 363 g/mol. The van der Waals surface area contributed by atoms with Crippen molar-refractivity contribution in [2.24, 2.45) is 0 Å². The summed E-state index contributed by atoms with van der Waals surface area (Å²) in [6.45, 7) is 9.99. The summed E-state index contributed by atoms with van der Waals surface area (Å²) in [6.07, 6.45) is 1.38. The van der Waals surface area contributed by atoms with Crippen LogP contribution in [0.5, 0.6) is 0 Å². The molecule has 144 valence electrons. The summed E-state index contributed by atoms with van der Waals surface area (Å²) < 4.78 is 18.9. The van der Waals surface area contributed by atoms with Crippen LogP contribution in [0, 0.1) is 5.82 Å². The Morgan fingerprint density at radius 3 is 2.65 bits per heavy atom. The molecule has 0 N–H and O–H groups in total. The van der Waals surface area contributed by atoms with Crippen LogP contribution in [0.1, 0.15) is 26.7 Å². The molecule has 2 heterocycles. The Bertz CT molecular complexity index is 593. The van der Waals surface area contributed by atoms with E-state index in [0.29, 0.717) is 25.6 Å². The summed E-state index contributed by atoms with van der Waals surface area (Å²) in [4.78, 5) is 19.3. The quantitative estimate of drug-likeness (QED) is 0.823.